The smallest absolute Gasteiger partial charge is 0.0477 e. The van der Waals surface area contributed by atoms with Crippen molar-refractivity contribution in [1.29, 1.82) is 0 Å². The van der Waals surface area contributed by atoms with Gasteiger partial charge in [-0.3, -0.25) is 0 Å². The topological polar surface area (TPSA) is 4.93 Å². The van der Waals surface area contributed by atoms with Gasteiger partial charge >= 0.3 is 0 Å². The second kappa shape index (κ2) is 8.69. The van der Waals surface area contributed by atoms with Crippen molar-refractivity contribution in [1.82, 2.24) is 4.57 Å². The highest BCUT2D eigenvalue weighted by Crippen LogP contribution is 2.30. The maximum Gasteiger partial charge on any atom is 0.0477 e. The number of aromatic nitrogens is 1. The summed E-state index contributed by atoms with van der Waals surface area (Å²) in [6.45, 7) is 4.73. The molecule has 1 heterocycles. The summed E-state index contributed by atoms with van der Waals surface area (Å²) in [6.07, 6.45) is 5.57. The lowest BCUT2D eigenvalue weighted by Crippen LogP contribution is -2.00. The molecule has 0 aliphatic carbocycles. The summed E-state index contributed by atoms with van der Waals surface area (Å²) in [7, 11) is 2.11. The highest BCUT2D eigenvalue weighted by atomic mass is 14.9. The predicted octanol–water partition coefficient (Wildman–Crippen LogP) is 7.46. The van der Waals surface area contributed by atoms with Gasteiger partial charge < -0.3 is 4.57 Å². The van der Waals surface area contributed by atoms with Crippen LogP contribution < -0.4 is 0 Å². The third kappa shape index (κ3) is 4.62. The van der Waals surface area contributed by atoms with E-state index in [4.69, 9.17) is 0 Å². The van der Waals surface area contributed by atoms with Crippen molar-refractivity contribution < 1.29 is 0 Å². The Morgan fingerprint density at radius 1 is 0.690 bits per heavy atom. The lowest BCUT2D eigenvalue weighted by molar-refractivity contribution is 0.574. The Morgan fingerprint density at radius 2 is 1.38 bits per heavy atom. The zero-order chi connectivity index (χ0) is 20.2. The third-order valence-electron chi connectivity index (χ3n) is 6.28. The number of aryl methyl sites for hydroxylation is 1. The fourth-order valence-corrected chi connectivity index (χ4v) is 4.28. The third-order valence-corrected chi connectivity index (χ3v) is 6.28. The van der Waals surface area contributed by atoms with Gasteiger partial charge in [-0.2, -0.15) is 0 Å². The van der Waals surface area contributed by atoms with Crippen LogP contribution >= 0.6 is 0 Å². The minimum atomic E-state index is 0.577. The molecule has 0 aliphatic rings. The first kappa shape index (κ1) is 19.5. The van der Waals surface area contributed by atoms with E-state index in [-0.39, 0.29) is 0 Å². The van der Waals surface area contributed by atoms with Gasteiger partial charge in [-0.1, -0.05) is 74.5 Å². The molecule has 0 bridgehead atoms. The maximum atomic E-state index is 2.40. The Hall–Kier alpha value is -2.80. The molecule has 148 valence electrons. The summed E-state index contributed by atoms with van der Waals surface area (Å²) >= 11 is 0. The summed E-state index contributed by atoms with van der Waals surface area (Å²) in [5.41, 5.74) is 7.01. The maximum absolute atomic E-state index is 2.40. The van der Waals surface area contributed by atoms with E-state index in [0.29, 0.717) is 11.8 Å². The standard InChI is InChI=1S/C28H31N/c1-21(25-11-7-10-24(19-25)18-23-8-5-4-6-9-23)12-13-22(2)26-14-15-28-27(20-26)16-17-29(28)3/h4-11,14-17,19-22H,12-13,18H2,1-3H3. The van der Waals surface area contributed by atoms with E-state index in [1.165, 1.54) is 46.0 Å². The molecule has 29 heavy (non-hydrogen) atoms. The molecule has 2 unspecified atom stereocenters. The SMILES string of the molecule is CC(CCC(C)c1ccc2c(ccn2C)c1)c1cccc(Cc2ccccc2)c1. The van der Waals surface area contributed by atoms with Crippen molar-refractivity contribution in [2.75, 3.05) is 0 Å². The van der Waals surface area contributed by atoms with Crippen molar-refractivity contribution in [3.8, 4) is 0 Å². The molecule has 0 saturated heterocycles. The molecule has 4 rings (SSSR count). The zero-order valence-corrected chi connectivity index (χ0v) is 17.8. The Bertz CT molecular complexity index is 1070. The van der Waals surface area contributed by atoms with E-state index in [9.17, 15) is 0 Å². The van der Waals surface area contributed by atoms with Gasteiger partial charge in [0.2, 0.25) is 0 Å². The molecular weight excluding hydrogens is 350 g/mol. The van der Waals surface area contributed by atoms with Crippen LogP contribution in [0.15, 0.2) is 85.1 Å². The van der Waals surface area contributed by atoms with Crippen LogP contribution in [0.25, 0.3) is 10.9 Å². The second-order valence-corrected chi connectivity index (χ2v) is 8.53. The van der Waals surface area contributed by atoms with Gasteiger partial charge in [-0.05, 0) is 76.9 Å². The second-order valence-electron chi connectivity index (χ2n) is 8.53. The van der Waals surface area contributed by atoms with Gasteiger partial charge in [0, 0.05) is 18.8 Å². The number of rotatable bonds is 7. The number of hydrogen-bond donors (Lipinski definition) is 0. The first-order valence-corrected chi connectivity index (χ1v) is 10.8. The monoisotopic (exact) mass is 381 g/mol. The molecule has 0 amide bonds. The van der Waals surface area contributed by atoms with Gasteiger partial charge in [0.05, 0.1) is 0 Å². The van der Waals surface area contributed by atoms with Crippen molar-refractivity contribution in [3.05, 3.63) is 107 Å². The van der Waals surface area contributed by atoms with Crippen LogP contribution in [0.3, 0.4) is 0 Å². The number of hydrogen-bond acceptors (Lipinski definition) is 0. The summed E-state index contributed by atoms with van der Waals surface area (Å²) in [6, 6.07) is 29.1. The van der Waals surface area contributed by atoms with Crippen molar-refractivity contribution in [3.63, 3.8) is 0 Å². The lowest BCUT2D eigenvalue weighted by atomic mass is 9.88. The summed E-state index contributed by atoms with van der Waals surface area (Å²) in [5.74, 6) is 1.16. The minimum absolute atomic E-state index is 0.577. The molecule has 4 aromatic rings. The van der Waals surface area contributed by atoms with Crippen molar-refractivity contribution >= 4 is 10.9 Å². The molecule has 0 radical (unpaired) electrons. The molecule has 0 aliphatic heterocycles. The van der Waals surface area contributed by atoms with Gasteiger partial charge in [0.1, 0.15) is 0 Å². The van der Waals surface area contributed by atoms with E-state index in [2.05, 4.69) is 111 Å². The molecule has 0 spiro atoms. The molecule has 1 aromatic heterocycles. The Labute approximate surface area is 175 Å². The normalized spacial score (nSPS) is 13.5. The molecule has 2 atom stereocenters. The van der Waals surface area contributed by atoms with Crippen LogP contribution in [0.1, 0.15) is 60.8 Å². The lowest BCUT2D eigenvalue weighted by Gasteiger charge is -2.17. The number of benzene rings is 3. The first-order valence-electron chi connectivity index (χ1n) is 10.8. The quantitative estimate of drug-likeness (QED) is 0.313. The molecule has 0 N–H and O–H groups in total. The van der Waals surface area contributed by atoms with Crippen LogP contribution in [0.4, 0.5) is 0 Å². The number of nitrogens with zero attached hydrogens (tertiary/aromatic N) is 1. The summed E-state index contributed by atoms with van der Waals surface area (Å²) in [5, 5.41) is 1.35. The summed E-state index contributed by atoms with van der Waals surface area (Å²) in [4.78, 5) is 0. The van der Waals surface area contributed by atoms with Gasteiger partial charge in [-0.15, -0.1) is 0 Å². The van der Waals surface area contributed by atoms with Crippen LogP contribution in [0.2, 0.25) is 0 Å². The number of fused-ring (bicyclic) bond motifs is 1. The van der Waals surface area contributed by atoms with Crippen LogP contribution in [-0.2, 0) is 13.5 Å². The molecule has 0 fully saturated rings. The van der Waals surface area contributed by atoms with Crippen molar-refractivity contribution in [2.24, 2.45) is 7.05 Å². The van der Waals surface area contributed by atoms with Gasteiger partial charge in [-0.25, -0.2) is 0 Å². The molecular formula is C28H31N. The summed E-state index contributed by atoms with van der Waals surface area (Å²) < 4.78 is 2.19. The van der Waals surface area contributed by atoms with E-state index in [1.54, 1.807) is 0 Å². The minimum Gasteiger partial charge on any atom is -0.351 e. The average molecular weight is 382 g/mol. The highest BCUT2D eigenvalue weighted by molar-refractivity contribution is 5.80. The first-order chi connectivity index (χ1) is 14.1. The average Bonchev–Trinajstić information content (AvgIpc) is 3.13. The zero-order valence-electron chi connectivity index (χ0n) is 17.8. The van der Waals surface area contributed by atoms with E-state index >= 15 is 0 Å². The fraction of sp³-hybridized carbons (Fsp3) is 0.286. The predicted molar refractivity (Wildman–Crippen MR) is 125 cm³/mol. The van der Waals surface area contributed by atoms with E-state index in [0.717, 1.165) is 6.42 Å². The van der Waals surface area contributed by atoms with Gasteiger partial charge in [0.25, 0.3) is 0 Å². The molecule has 1 heteroatoms. The largest absolute Gasteiger partial charge is 0.351 e. The van der Waals surface area contributed by atoms with Crippen LogP contribution in [-0.4, -0.2) is 4.57 Å². The van der Waals surface area contributed by atoms with E-state index < -0.39 is 0 Å². The highest BCUT2D eigenvalue weighted by Gasteiger charge is 2.12. The van der Waals surface area contributed by atoms with Crippen LogP contribution in [0, 0.1) is 0 Å². The Kier molecular flexibility index (Phi) is 5.85. The van der Waals surface area contributed by atoms with Crippen molar-refractivity contribution in [2.45, 2.75) is 44.9 Å². The van der Waals surface area contributed by atoms with Gasteiger partial charge in [0.15, 0.2) is 0 Å². The van der Waals surface area contributed by atoms with Crippen LogP contribution in [0.5, 0.6) is 0 Å². The molecule has 1 nitrogen and oxygen atoms in total. The molecule has 0 saturated carbocycles. The van der Waals surface area contributed by atoms with E-state index in [1.807, 2.05) is 0 Å². The molecule has 3 aromatic carbocycles. The Morgan fingerprint density at radius 3 is 2.14 bits per heavy atom. The Balaban J connectivity index is 1.39. The fourth-order valence-electron chi connectivity index (χ4n) is 4.28.